The maximum absolute atomic E-state index is 12.0. The molecule has 0 bridgehead atoms. The molecule has 1 saturated heterocycles. The van der Waals surface area contributed by atoms with Gasteiger partial charge >= 0.3 is 12.0 Å². The van der Waals surface area contributed by atoms with Crippen molar-refractivity contribution in [1.82, 2.24) is 15.5 Å². The number of likely N-dealkylation sites (N-methyl/N-ethyl adjacent to an activating group) is 1. The van der Waals surface area contributed by atoms with Crippen LogP contribution in [0.1, 0.15) is 45.4 Å². The first-order valence-corrected chi connectivity index (χ1v) is 8.06. The molecule has 0 radical (unpaired) electrons. The van der Waals surface area contributed by atoms with Crippen LogP contribution in [0.4, 0.5) is 4.79 Å². The second kappa shape index (κ2) is 7.11. The molecule has 1 aliphatic heterocycles. The predicted octanol–water partition coefficient (Wildman–Crippen LogP) is 1.41. The molecular weight excluding hydrogens is 270 g/mol. The molecule has 1 heterocycles. The molecule has 0 aromatic carbocycles. The number of aliphatic carboxylic acids is 1. The Bertz CT molecular complexity index is 380. The normalized spacial score (nSPS) is 25.5. The highest BCUT2D eigenvalue weighted by Gasteiger charge is 2.41. The van der Waals surface area contributed by atoms with E-state index in [1.54, 1.807) is 0 Å². The lowest BCUT2D eigenvalue weighted by Gasteiger charge is -2.32. The number of urea groups is 1. The fraction of sp³-hybridized carbons (Fsp3) is 0.867. The van der Waals surface area contributed by atoms with Crippen molar-refractivity contribution < 1.29 is 14.7 Å². The first kappa shape index (κ1) is 16.1. The number of likely N-dealkylation sites (tertiary alicyclic amines) is 1. The lowest BCUT2D eigenvalue weighted by Crippen LogP contribution is -2.52. The summed E-state index contributed by atoms with van der Waals surface area (Å²) in [6.07, 6.45) is 5.28. The van der Waals surface area contributed by atoms with Crippen molar-refractivity contribution in [3.05, 3.63) is 0 Å². The zero-order chi connectivity index (χ0) is 15.3. The maximum Gasteiger partial charge on any atom is 0.315 e. The number of carboxylic acids is 1. The standard InChI is InChI=1S/C15H27N3O3/c1-2-18-9-5-6-12(10-18)17-14(21)16-11-15(13(19)20)7-3-4-8-15/h12H,2-11H2,1H3,(H,19,20)(H2,16,17,21). The van der Waals surface area contributed by atoms with Gasteiger partial charge in [0.15, 0.2) is 0 Å². The summed E-state index contributed by atoms with van der Waals surface area (Å²) in [4.78, 5) is 25.7. The lowest BCUT2D eigenvalue weighted by molar-refractivity contribution is -0.148. The van der Waals surface area contributed by atoms with Crippen LogP contribution >= 0.6 is 0 Å². The maximum atomic E-state index is 12.0. The predicted molar refractivity (Wildman–Crippen MR) is 80.2 cm³/mol. The van der Waals surface area contributed by atoms with Gasteiger partial charge in [-0.1, -0.05) is 19.8 Å². The number of nitrogens with zero attached hydrogens (tertiary/aromatic N) is 1. The number of carbonyl (C=O) groups excluding carboxylic acids is 1. The minimum absolute atomic E-state index is 0.169. The third-order valence-electron chi connectivity index (χ3n) is 4.89. The molecule has 1 atom stereocenters. The van der Waals surface area contributed by atoms with Gasteiger partial charge in [0.05, 0.1) is 5.41 Å². The summed E-state index contributed by atoms with van der Waals surface area (Å²) >= 11 is 0. The molecule has 1 unspecified atom stereocenters. The van der Waals surface area contributed by atoms with E-state index in [0.717, 1.165) is 45.3 Å². The minimum Gasteiger partial charge on any atom is -0.481 e. The third-order valence-corrected chi connectivity index (χ3v) is 4.89. The Morgan fingerprint density at radius 2 is 2.00 bits per heavy atom. The minimum atomic E-state index is -0.782. The molecular formula is C15H27N3O3. The molecule has 2 amide bonds. The number of carbonyl (C=O) groups is 2. The zero-order valence-electron chi connectivity index (χ0n) is 12.9. The molecule has 0 spiro atoms. The van der Waals surface area contributed by atoms with E-state index in [9.17, 15) is 14.7 Å². The Labute approximate surface area is 126 Å². The molecule has 2 rings (SSSR count). The highest BCUT2D eigenvalue weighted by Crippen LogP contribution is 2.37. The van der Waals surface area contributed by atoms with E-state index in [-0.39, 0.29) is 18.6 Å². The number of carboxylic acid groups (broad SMARTS) is 1. The van der Waals surface area contributed by atoms with Crippen LogP contribution in [0.15, 0.2) is 0 Å². The summed E-state index contributed by atoms with van der Waals surface area (Å²) in [7, 11) is 0. The Hall–Kier alpha value is -1.30. The summed E-state index contributed by atoms with van der Waals surface area (Å²) in [6.45, 7) is 5.34. The van der Waals surface area contributed by atoms with Gasteiger partial charge < -0.3 is 20.6 Å². The van der Waals surface area contributed by atoms with Gasteiger partial charge in [-0.15, -0.1) is 0 Å². The first-order chi connectivity index (χ1) is 10.1. The molecule has 2 fully saturated rings. The second-order valence-corrected chi connectivity index (χ2v) is 6.35. The largest absolute Gasteiger partial charge is 0.481 e. The summed E-state index contributed by atoms with van der Waals surface area (Å²) in [5.41, 5.74) is -0.751. The van der Waals surface area contributed by atoms with Gasteiger partial charge in [0, 0.05) is 19.1 Å². The van der Waals surface area contributed by atoms with Gasteiger partial charge in [0.1, 0.15) is 0 Å². The summed E-state index contributed by atoms with van der Waals surface area (Å²) in [5.74, 6) is -0.782. The highest BCUT2D eigenvalue weighted by molar-refractivity contribution is 5.78. The summed E-state index contributed by atoms with van der Waals surface area (Å²) in [6, 6.07) is -0.0615. The lowest BCUT2D eigenvalue weighted by atomic mass is 9.86. The van der Waals surface area contributed by atoms with E-state index in [1.165, 1.54) is 0 Å². The zero-order valence-corrected chi connectivity index (χ0v) is 12.9. The molecule has 0 aromatic rings. The van der Waals surface area contributed by atoms with E-state index in [2.05, 4.69) is 22.5 Å². The molecule has 1 aliphatic carbocycles. The molecule has 6 heteroatoms. The van der Waals surface area contributed by atoms with Gasteiger partial charge in [-0.05, 0) is 38.8 Å². The summed E-state index contributed by atoms with van der Waals surface area (Å²) < 4.78 is 0. The van der Waals surface area contributed by atoms with Crippen LogP contribution in [-0.4, -0.2) is 54.2 Å². The van der Waals surface area contributed by atoms with Gasteiger partial charge in [-0.2, -0.15) is 0 Å². The van der Waals surface area contributed by atoms with Crippen molar-refractivity contribution in [3.63, 3.8) is 0 Å². The van der Waals surface area contributed by atoms with Crippen molar-refractivity contribution in [2.45, 2.75) is 51.5 Å². The van der Waals surface area contributed by atoms with Crippen LogP contribution in [0.25, 0.3) is 0 Å². The summed E-state index contributed by atoms with van der Waals surface area (Å²) in [5, 5.41) is 15.1. The second-order valence-electron chi connectivity index (χ2n) is 6.35. The van der Waals surface area contributed by atoms with E-state index in [0.29, 0.717) is 12.8 Å². The van der Waals surface area contributed by atoms with Crippen molar-refractivity contribution in [2.24, 2.45) is 5.41 Å². The Morgan fingerprint density at radius 3 is 2.62 bits per heavy atom. The van der Waals surface area contributed by atoms with Gasteiger partial charge in [-0.3, -0.25) is 4.79 Å². The molecule has 1 saturated carbocycles. The topological polar surface area (TPSA) is 81.7 Å². The average Bonchev–Trinajstić information content (AvgIpc) is 2.95. The van der Waals surface area contributed by atoms with E-state index in [1.807, 2.05) is 0 Å². The van der Waals surface area contributed by atoms with E-state index in [4.69, 9.17) is 0 Å². The fourth-order valence-corrected chi connectivity index (χ4v) is 3.46. The van der Waals surface area contributed by atoms with Crippen molar-refractivity contribution >= 4 is 12.0 Å². The van der Waals surface area contributed by atoms with Crippen LogP contribution in [-0.2, 0) is 4.79 Å². The highest BCUT2D eigenvalue weighted by atomic mass is 16.4. The Kier molecular flexibility index (Phi) is 5.45. The van der Waals surface area contributed by atoms with Crippen molar-refractivity contribution in [1.29, 1.82) is 0 Å². The van der Waals surface area contributed by atoms with Crippen molar-refractivity contribution in [3.8, 4) is 0 Å². The molecule has 21 heavy (non-hydrogen) atoms. The number of piperidine rings is 1. The van der Waals surface area contributed by atoms with Crippen LogP contribution in [0.5, 0.6) is 0 Å². The molecule has 3 N–H and O–H groups in total. The quantitative estimate of drug-likeness (QED) is 0.717. The van der Waals surface area contributed by atoms with Crippen LogP contribution in [0.3, 0.4) is 0 Å². The Morgan fingerprint density at radius 1 is 1.29 bits per heavy atom. The molecule has 0 aromatic heterocycles. The molecule has 2 aliphatic rings. The SMILES string of the molecule is CCN1CCCC(NC(=O)NCC2(C(=O)O)CCCC2)C1. The van der Waals surface area contributed by atoms with E-state index >= 15 is 0 Å². The van der Waals surface area contributed by atoms with Gasteiger partial charge in [0.25, 0.3) is 0 Å². The van der Waals surface area contributed by atoms with Gasteiger partial charge in [0.2, 0.25) is 0 Å². The van der Waals surface area contributed by atoms with E-state index < -0.39 is 11.4 Å². The number of amides is 2. The third kappa shape index (κ3) is 4.09. The number of hydrogen-bond donors (Lipinski definition) is 3. The Balaban J connectivity index is 1.78. The van der Waals surface area contributed by atoms with Crippen molar-refractivity contribution in [2.75, 3.05) is 26.2 Å². The number of hydrogen-bond acceptors (Lipinski definition) is 3. The van der Waals surface area contributed by atoms with Crippen LogP contribution in [0.2, 0.25) is 0 Å². The fourth-order valence-electron chi connectivity index (χ4n) is 3.46. The van der Waals surface area contributed by atoms with Crippen LogP contribution < -0.4 is 10.6 Å². The average molecular weight is 297 g/mol. The first-order valence-electron chi connectivity index (χ1n) is 8.06. The van der Waals surface area contributed by atoms with Crippen LogP contribution in [0, 0.1) is 5.41 Å². The number of rotatable bonds is 5. The number of nitrogens with one attached hydrogen (secondary N) is 2. The monoisotopic (exact) mass is 297 g/mol. The smallest absolute Gasteiger partial charge is 0.315 e. The van der Waals surface area contributed by atoms with Gasteiger partial charge in [-0.25, -0.2) is 4.79 Å². The molecule has 6 nitrogen and oxygen atoms in total. The molecule has 120 valence electrons.